The van der Waals surface area contributed by atoms with Gasteiger partial charge in [0.2, 0.25) is 59.1 Å². The molecule has 0 aromatic heterocycles. The highest BCUT2D eigenvalue weighted by Gasteiger charge is 2.37. The maximum Gasteiger partial charge on any atom is 0.244 e. The van der Waals surface area contributed by atoms with Crippen LogP contribution in [0.25, 0.3) is 0 Å². The molecule has 26 heteroatoms. The number of hydrogen-bond donors (Lipinski definition) is 15. The van der Waals surface area contributed by atoms with Crippen molar-refractivity contribution >= 4 is 77.7 Å². The predicted octanol–water partition coefficient (Wildman–Crippen LogP) is -3.63. The SMILES string of the molecule is CC[C@H](C)[C@@H]1NC(=O)[C@H](Cc2ccc(O)cc2)NC(=O)[C@H](CS)NC(=O)[C@H](CCCCN)NC(=O)[C@H](CCCN=C(N)N)NC(=O)[C@H](CCC(N)=O)NC(=O)[C@H](Cc2ccccc2)NC(=O)[C@H](CC(N)=O)NC1=O. The first-order valence-corrected chi connectivity index (χ1v) is 25.0. The lowest BCUT2D eigenvalue weighted by atomic mass is 9.96. The van der Waals surface area contributed by atoms with Gasteiger partial charge in [-0.3, -0.25) is 52.9 Å². The Kier molecular flexibility index (Phi) is 25.6. The van der Waals surface area contributed by atoms with Gasteiger partial charge in [-0.2, -0.15) is 12.6 Å². The van der Waals surface area contributed by atoms with Gasteiger partial charge in [0.1, 0.15) is 54.1 Å². The molecule has 25 nitrogen and oxygen atoms in total. The lowest BCUT2D eigenvalue weighted by Gasteiger charge is -2.30. The first-order valence-electron chi connectivity index (χ1n) is 24.3. The van der Waals surface area contributed by atoms with Crippen LogP contribution in [-0.2, 0) is 60.8 Å². The van der Waals surface area contributed by atoms with E-state index in [1.165, 1.54) is 24.3 Å². The Morgan fingerprint density at radius 2 is 1.01 bits per heavy atom. The van der Waals surface area contributed by atoms with Crippen LogP contribution < -0.4 is 71.2 Å². The number of nitrogens with zero attached hydrogens (tertiary/aromatic N) is 1. The lowest BCUT2D eigenvalue weighted by molar-refractivity contribution is -0.137. The average molecular weight is 1050 g/mol. The Balaban J connectivity index is 2.25. The third kappa shape index (κ3) is 20.9. The molecule has 0 radical (unpaired) electrons. The fraction of sp³-hybridized carbons (Fsp3) is 0.521. The zero-order valence-electron chi connectivity index (χ0n) is 41.6. The van der Waals surface area contributed by atoms with E-state index in [2.05, 4.69) is 60.2 Å². The molecular weight excluding hydrogens is 981 g/mol. The van der Waals surface area contributed by atoms with E-state index in [1.54, 1.807) is 44.2 Å². The molecular formula is C48H72N14O11S. The number of amides is 10. The molecule has 0 aliphatic carbocycles. The first kappa shape index (κ1) is 60.8. The Labute approximate surface area is 434 Å². The molecule has 3 rings (SSSR count). The largest absolute Gasteiger partial charge is 0.508 e. The van der Waals surface area contributed by atoms with Crippen LogP contribution in [0.15, 0.2) is 59.6 Å². The quantitative estimate of drug-likeness (QED) is 0.0264. The van der Waals surface area contributed by atoms with Gasteiger partial charge in [-0.1, -0.05) is 62.7 Å². The van der Waals surface area contributed by atoms with Gasteiger partial charge in [0.15, 0.2) is 5.96 Å². The molecule has 1 heterocycles. The van der Waals surface area contributed by atoms with E-state index in [9.17, 15) is 53.1 Å². The summed E-state index contributed by atoms with van der Waals surface area (Å²) in [4.78, 5) is 143. The van der Waals surface area contributed by atoms with Crippen molar-refractivity contribution in [2.45, 2.75) is 133 Å². The average Bonchev–Trinajstić information content (AvgIpc) is 3.35. The molecule has 0 saturated carbocycles. The lowest BCUT2D eigenvalue weighted by Crippen LogP contribution is -2.62. The number of rotatable bonds is 20. The van der Waals surface area contributed by atoms with Crippen molar-refractivity contribution in [3.8, 4) is 5.75 Å². The summed E-state index contributed by atoms with van der Waals surface area (Å²) < 4.78 is 0. The Morgan fingerprint density at radius 3 is 1.51 bits per heavy atom. The molecule has 406 valence electrons. The second-order valence-electron chi connectivity index (χ2n) is 18.0. The highest BCUT2D eigenvalue weighted by molar-refractivity contribution is 7.80. The van der Waals surface area contributed by atoms with Gasteiger partial charge in [-0.05, 0) is 74.2 Å². The van der Waals surface area contributed by atoms with E-state index < -0.39 is 133 Å². The highest BCUT2D eigenvalue weighted by Crippen LogP contribution is 2.15. The van der Waals surface area contributed by atoms with Gasteiger partial charge in [0, 0.05) is 31.6 Å². The van der Waals surface area contributed by atoms with Crippen molar-refractivity contribution in [3.05, 3.63) is 65.7 Å². The van der Waals surface area contributed by atoms with Crippen LogP contribution in [0.4, 0.5) is 0 Å². The number of thiol groups is 1. The van der Waals surface area contributed by atoms with Gasteiger partial charge in [0.05, 0.1) is 6.42 Å². The number of phenols is 1. The molecule has 0 unspecified atom stereocenters. The van der Waals surface area contributed by atoms with Crippen LogP contribution in [-0.4, -0.2) is 137 Å². The molecule has 74 heavy (non-hydrogen) atoms. The highest BCUT2D eigenvalue weighted by atomic mass is 32.1. The van der Waals surface area contributed by atoms with Crippen LogP contribution in [0.3, 0.4) is 0 Å². The van der Waals surface area contributed by atoms with Gasteiger partial charge >= 0.3 is 0 Å². The number of carbonyl (C=O) groups excluding carboxylic acids is 10. The van der Waals surface area contributed by atoms with Gasteiger partial charge in [0.25, 0.3) is 0 Å². The van der Waals surface area contributed by atoms with Crippen molar-refractivity contribution < 1.29 is 53.1 Å². The van der Waals surface area contributed by atoms with E-state index >= 15 is 0 Å². The number of guanidine groups is 1. The van der Waals surface area contributed by atoms with Crippen molar-refractivity contribution in [1.82, 2.24) is 42.5 Å². The summed E-state index contributed by atoms with van der Waals surface area (Å²) in [6, 6.07) is 2.13. The number of carbonyl (C=O) groups is 10. The Hall–Kier alpha value is -7.48. The summed E-state index contributed by atoms with van der Waals surface area (Å²) in [6.45, 7) is 3.60. The molecule has 0 spiro atoms. The molecule has 2 aromatic rings. The molecule has 1 aliphatic rings. The van der Waals surface area contributed by atoms with E-state index in [-0.39, 0.29) is 62.7 Å². The number of aliphatic imine (C=N–C) groups is 1. The molecule has 1 fully saturated rings. The molecule has 1 saturated heterocycles. The van der Waals surface area contributed by atoms with Crippen molar-refractivity contribution in [3.63, 3.8) is 0 Å². The maximum atomic E-state index is 14.4. The first-order chi connectivity index (χ1) is 35.1. The molecule has 10 amide bonds. The summed E-state index contributed by atoms with van der Waals surface area (Å²) in [5, 5.41) is 30.7. The Morgan fingerprint density at radius 1 is 0.568 bits per heavy atom. The predicted molar refractivity (Wildman–Crippen MR) is 276 cm³/mol. The summed E-state index contributed by atoms with van der Waals surface area (Å²) in [5.41, 5.74) is 28.8. The number of benzene rings is 2. The van der Waals surface area contributed by atoms with Crippen LogP contribution >= 0.6 is 12.6 Å². The number of phenolic OH excluding ortho intramolecular Hbond substituents is 1. The van der Waals surface area contributed by atoms with Crippen LogP contribution in [0, 0.1) is 5.92 Å². The molecule has 9 atom stereocenters. The number of nitrogens with two attached hydrogens (primary N) is 5. The number of hydrogen-bond acceptors (Lipinski definition) is 14. The minimum absolute atomic E-state index is 0.00140. The monoisotopic (exact) mass is 1050 g/mol. The number of primary amides is 2. The molecule has 19 N–H and O–H groups in total. The third-order valence-corrected chi connectivity index (χ3v) is 12.4. The number of aromatic hydroxyl groups is 1. The molecule has 1 aliphatic heterocycles. The van der Waals surface area contributed by atoms with Crippen LogP contribution in [0.1, 0.15) is 82.8 Å². The summed E-state index contributed by atoms with van der Waals surface area (Å²) in [7, 11) is 0. The Bertz CT molecular complexity index is 2290. The van der Waals surface area contributed by atoms with Gasteiger partial charge in [-0.25, -0.2) is 0 Å². The van der Waals surface area contributed by atoms with Gasteiger partial charge < -0.3 is 76.3 Å². The molecule has 2 aromatic carbocycles. The smallest absolute Gasteiger partial charge is 0.244 e. The summed E-state index contributed by atoms with van der Waals surface area (Å²) >= 11 is 4.31. The topological polar surface area (TPSA) is 430 Å². The van der Waals surface area contributed by atoms with E-state index in [4.69, 9.17) is 28.7 Å². The van der Waals surface area contributed by atoms with E-state index in [1.807, 2.05) is 0 Å². The fourth-order valence-corrected chi connectivity index (χ4v) is 7.94. The van der Waals surface area contributed by atoms with Crippen molar-refractivity contribution in [1.29, 1.82) is 0 Å². The zero-order chi connectivity index (χ0) is 54.9. The fourth-order valence-electron chi connectivity index (χ4n) is 7.68. The standard InChI is InChI=1S/C48H72N14O11S/c1-3-26(2)39-47(73)60-35(24-38(51)65)44(70)58-33(22-27-10-5-4-6-11-27)43(69)57-32(18-19-37(50)64)42(68)56-31(13-9-21-54-48(52)53)40(66)55-30(12-7-8-20-49)41(67)61-36(25-74)46(72)59-34(45(71)62-39)23-28-14-16-29(63)17-15-28/h4-6,10-11,14-17,26,30-36,39,63,74H,3,7-9,12-13,18-25,49H2,1-2H3,(H2,50,64)(H2,51,65)(H,55,66)(H,56,68)(H,57,69)(H,58,70)(H,59,72)(H,60,73)(H,61,67)(H,62,71)(H4,52,53,54)/t26-,30-,31-,32-,33-,34-,35-,36-,39-/m0/s1. The molecule has 0 bridgehead atoms. The maximum absolute atomic E-state index is 14.4. The van der Waals surface area contributed by atoms with Crippen molar-refractivity contribution in [2.24, 2.45) is 39.6 Å². The van der Waals surface area contributed by atoms with Gasteiger partial charge in [-0.15, -0.1) is 0 Å². The zero-order valence-corrected chi connectivity index (χ0v) is 42.5. The van der Waals surface area contributed by atoms with Crippen molar-refractivity contribution in [2.75, 3.05) is 18.8 Å². The van der Waals surface area contributed by atoms with E-state index in [0.29, 0.717) is 30.4 Å². The normalized spacial score (nSPS) is 23.4. The number of nitrogens with one attached hydrogen (secondary N) is 8. The third-order valence-electron chi connectivity index (χ3n) is 12.0. The summed E-state index contributed by atoms with van der Waals surface area (Å²) in [6.07, 6.45) is -1.01. The van der Waals surface area contributed by atoms with Crippen LogP contribution in [0.2, 0.25) is 0 Å². The second-order valence-corrected chi connectivity index (χ2v) is 18.3. The van der Waals surface area contributed by atoms with Crippen LogP contribution in [0.5, 0.6) is 5.75 Å². The number of unbranched alkanes of at least 4 members (excludes halogenated alkanes) is 1. The minimum Gasteiger partial charge on any atom is -0.508 e. The second kappa shape index (κ2) is 31.2. The van der Waals surface area contributed by atoms with E-state index in [0.717, 1.165) is 0 Å². The summed E-state index contributed by atoms with van der Waals surface area (Å²) in [5.74, 6) is -10.6. The minimum atomic E-state index is -1.74.